The van der Waals surface area contributed by atoms with Gasteiger partial charge in [0.05, 0.1) is 0 Å². The van der Waals surface area contributed by atoms with E-state index in [1.165, 1.54) is 17.5 Å². The molecule has 1 aliphatic carbocycles. The van der Waals surface area contributed by atoms with Crippen LogP contribution < -0.4 is 0 Å². The van der Waals surface area contributed by atoms with Crippen molar-refractivity contribution in [2.75, 3.05) is 6.61 Å². The third-order valence-electron chi connectivity index (χ3n) is 1.85. The van der Waals surface area contributed by atoms with Crippen LogP contribution in [0.4, 0.5) is 0 Å². The molecule has 2 rings (SSSR count). The SMILES string of the molecule is C#CCCCO.c1ccc2c(c1)C2. The van der Waals surface area contributed by atoms with Gasteiger partial charge in [-0.05, 0) is 24.0 Å². The van der Waals surface area contributed by atoms with Gasteiger partial charge < -0.3 is 5.11 Å². The van der Waals surface area contributed by atoms with Gasteiger partial charge in [-0.3, -0.25) is 0 Å². The minimum Gasteiger partial charge on any atom is -0.396 e. The molecule has 13 heavy (non-hydrogen) atoms. The molecule has 1 heteroatoms. The van der Waals surface area contributed by atoms with Gasteiger partial charge in [-0.25, -0.2) is 0 Å². The Hall–Kier alpha value is -1.26. The van der Waals surface area contributed by atoms with Gasteiger partial charge in [0.2, 0.25) is 0 Å². The van der Waals surface area contributed by atoms with Crippen molar-refractivity contribution < 1.29 is 5.11 Å². The number of fused-ring (bicyclic) bond motifs is 1. The van der Waals surface area contributed by atoms with Crippen LogP contribution in [0.1, 0.15) is 24.0 Å². The van der Waals surface area contributed by atoms with Crippen LogP contribution in [0.2, 0.25) is 0 Å². The number of hydrogen-bond acceptors (Lipinski definition) is 1. The van der Waals surface area contributed by atoms with Crippen LogP contribution in [0.25, 0.3) is 0 Å². The first kappa shape index (κ1) is 9.83. The van der Waals surface area contributed by atoms with Gasteiger partial charge in [0.1, 0.15) is 0 Å². The Kier molecular flexibility index (Phi) is 4.08. The first-order valence-corrected chi connectivity index (χ1v) is 4.49. The lowest BCUT2D eigenvalue weighted by Gasteiger charge is -1.79. The molecule has 0 atom stereocenters. The molecule has 0 fully saturated rings. The van der Waals surface area contributed by atoms with Crippen molar-refractivity contribution in [2.24, 2.45) is 0 Å². The minimum atomic E-state index is 0.212. The number of aliphatic hydroxyl groups is 1. The third kappa shape index (κ3) is 3.78. The third-order valence-corrected chi connectivity index (χ3v) is 1.85. The molecule has 0 saturated heterocycles. The molecule has 0 saturated carbocycles. The Morgan fingerprint density at radius 2 is 1.92 bits per heavy atom. The quantitative estimate of drug-likeness (QED) is 0.545. The van der Waals surface area contributed by atoms with Crippen molar-refractivity contribution in [3.63, 3.8) is 0 Å². The highest BCUT2D eigenvalue weighted by Gasteiger charge is 2.12. The fourth-order valence-corrected chi connectivity index (χ4v) is 1.02. The van der Waals surface area contributed by atoms with E-state index in [0.29, 0.717) is 6.42 Å². The standard InChI is InChI=1S/C7H6.C5H8O/c1-2-4-7-5-6(7)3-1;1-2-3-4-5-6/h1-4H,5H2;1,6H,3-5H2. The van der Waals surface area contributed by atoms with Gasteiger partial charge in [-0.2, -0.15) is 0 Å². The predicted molar refractivity (Wildman–Crippen MR) is 54.4 cm³/mol. The minimum absolute atomic E-state index is 0.212. The number of hydrogen-bond donors (Lipinski definition) is 1. The molecule has 0 bridgehead atoms. The lowest BCUT2D eigenvalue weighted by atomic mass is 10.3. The Balaban J connectivity index is 0.000000133. The van der Waals surface area contributed by atoms with Gasteiger partial charge in [-0.15, -0.1) is 12.3 Å². The van der Waals surface area contributed by atoms with E-state index in [2.05, 4.69) is 30.2 Å². The van der Waals surface area contributed by atoms with Crippen molar-refractivity contribution in [2.45, 2.75) is 19.3 Å². The highest BCUT2D eigenvalue weighted by Crippen LogP contribution is 2.25. The van der Waals surface area contributed by atoms with Gasteiger partial charge in [0.25, 0.3) is 0 Å². The molecule has 0 unspecified atom stereocenters. The summed E-state index contributed by atoms with van der Waals surface area (Å²) in [4.78, 5) is 0. The van der Waals surface area contributed by atoms with Gasteiger partial charge in [0, 0.05) is 13.0 Å². The number of benzene rings is 1. The lowest BCUT2D eigenvalue weighted by Crippen LogP contribution is -1.77. The molecule has 0 amide bonds. The van der Waals surface area contributed by atoms with Crippen LogP contribution in [0.15, 0.2) is 24.3 Å². The monoisotopic (exact) mass is 174 g/mol. The zero-order valence-electron chi connectivity index (χ0n) is 7.66. The smallest absolute Gasteiger partial charge is 0.0440 e. The Morgan fingerprint density at radius 1 is 1.31 bits per heavy atom. The van der Waals surface area contributed by atoms with Crippen molar-refractivity contribution in [1.82, 2.24) is 0 Å². The van der Waals surface area contributed by atoms with Crippen LogP contribution in [-0.2, 0) is 6.42 Å². The van der Waals surface area contributed by atoms with E-state index in [9.17, 15) is 0 Å². The van der Waals surface area contributed by atoms with Gasteiger partial charge in [0.15, 0.2) is 0 Å². The maximum absolute atomic E-state index is 8.10. The first-order valence-electron chi connectivity index (χ1n) is 4.49. The van der Waals surface area contributed by atoms with Crippen LogP contribution in [0, 0.1) is 12.3 Å². The maximum atomic E-state index is 8.10. The fourth-order valence-electron chi connectivity index (χ4n) is 1.02. The van der Waals surface area contributed by atoms with E-state index in [1.807, 2.05) is 0 Å². The van der Waals surface area contributed by atoms with Crippen LogP contribution in [0.3, 0.4) is 0 Å². The molecule has 0 aliphatic heterocycles. The maximum Gasteiger partial charge on any atom is 0.0440 e. The Bertz CT molecular complexity index is 275. The van der Waals surface area contributed by atoms with Crippen molar-refractivity contribution in [3.8, 4) is 12.3 Å². The highest BCUT2D eigenvalue weighted by atomic mass is 16.2. The van der Waals surface area contributed by atoms with Crippen molar-refractivity contribution >= 4 is 0 Å². The summed E-state index contributed by atoms with van der Waals surface area (Å²) in [5.41, 5.74) is 3.06. The number of terminal acetylenes is 1. The Morgan fingerprint density at radius 3 is 2.23 bits per heavy atom. The molecule has 0 aromatic heterocycles. The zero-order valence-corrected chi connectivity index (χ0v) is 7.66. The van der Waals surface area contributed by atoms with Crippen molar-refractivity contribution in [3.05, 3.63) is 35.4 Å². The average Bonchev–Trinajstić information content (AvgIpc) is 2.94. The zero-order chi connectivity index (χ0) is 9.52. The van der Waals surface area contributed by atoms with Gasteiger partial charge in [-0.1, -0.05) is 24.3 Å². The Labute approximate surface area is 79.4 Å². The molecule has 1 aromatic carbocycles. The van der Waals surface area contributed by atoms with E-state index < -0.39 is 0 Å². The second-order valence-corrected chi connectivity index (χ2v) is 2.98. The van der Waals surface area contributed by atoms with Crippen molar-refractivity contribution in [1.29, 1.82) is 0 Å². The second kappa shape index (κ2) is 5.40. The fraction of sp³-hybridized carbons (Fsp3) is 0.333. The number of aliphatic hydroxyl groups excluding tert-OH is 1. The molecule has 1 nitrogen and oxygen atoms in total. The van der Waals surface area contributed by atoms with E-state index in [-0.39, 0.29) is 6.61 Å². The highest BCUT2D eigenvalue weighted by molar-refractivity contribution is 5.44. The predicted octanol–water partition coefficient (Wildman–Crippen LogP) is 1.98. The summed E-state index contributed by atoms with van der Waals surface area (Å²) in [5, 5.41) is 8.10. The van der Waals surface area contributed by atoms with Gasteiger partial charge >= 0.3 is 0 Å². The molecule has 1 aromatic rings. The summed E-state index contributed by atoms with van der Waals surface area (Å²) in [6.07, 6.45) is 7.52. The summed E-state index contributed by atoms with van der Waals surface area (Å²) in [7, 11) is 0. The summed E-state index contributed by atoms with van der Waals surface area (Å²) in [6.45, 7) is 0.212. The summed E-state index contributed by atoms with van der Waals surface area (Å²) < 4.78 is 0. The molecule has 0 radical (unpaired) electrons. The van der Waals surface area contributed by atoms with Crippen LogP contribution in [0.5, 0.6) is 0 Å². The van der Waals surface area contributed by atoms with E-state index >= 15 is 0 Å². The molecule has 0 spiro atoms. The molecular formula is C12H14O. The molecule has 68 valence electrons. The second-order valence-electron chi connectivity index (χ2n) is 2.98. The van der Waals surface area contributed by atoms with Crippen LogP contribution in [-0.4, -0.2) is 11.7 Å². The van der Waals surface area contributed by atoms with Crippen LogP contribution >= 0.6 is 0 Å². The summed E-state index contributed by atoms with van der Waals surface area (Å²) >= 11 is 0. The summed E-state index contributed by atoms with van der Waals surface area (Å²) in [6, 6.07) is 8.53. The average molecular weight is 174 g/mol. The largest absolute Gasteiger partial charge is 0.396 e. The number of unbranched alkanes of at least 4 members (excludes halogenated alkanes) is 1. The topological polar surface area (TPSA) is 20.2 Å². The van der Waals surface area contributed by atoms with E-state index in [0.717, 1.165) is 6.42 Å². The first-order chi connectivity index (χ1) is 6.38. The molecule has 0 heterocycles. The lowest BCUT2D eigenvalue weighted by molar-refractivity contribution is 0.290. The molecule has 1 N–H and O–H groups in total. The summed E-state index contributed by atoms with van der Waals surface area (Å²) in [5.74, 6) is 2.41. The van der Waals surface area contributed by atoms with E-state index in [4.69, 9.17) is 11.5 Å². The number of rotatable bonds is 2. The normalized spacial score (nSPS) is 10.5. The molecular weight excluding hydrogens is 160 g/mol. The molecule has 1 aliphatic rings. The van der Waals surface area contributed by atoms with E-state index in [1.54, 1.807) is 0 Å².